The van der Waals surface area contributed by atoms with E-state index in [0.717, 1.165) is 10.0 Å². The maximum atomic E-state index is 10.9. The molecule has 0 aliphatic carbocycles. The van der Waals surface area contributed by atoms with E-state index in [9.17, 15) is 4.79 Å². The van der Waals surface area contributed by atoms with Gasteiger partial charge in [0.15, 0.2) is 0 Å². The third kappa shape index (κ3) is 4.13. The molecule has 1 aromatic carbocycles. The van der Waals surface area contributed by atoms with Crippen molar-refractivity contribution in [2.45, 2.75) is 32.9 Å². The molecular formula is C13H18BrNO2. The van der Waals surface area contributed by atoms with Crippen LogP contribution in [0.2, 0.25) is 0 Å². The van der Waals surface area contributed by atoms with Gasteiger partial charge in [-0.3, -0.25) is 4.79 Å². The zero-order valence-electron chi connectivity index (χ0n) is 10.3. The van der Waals surface area contributed by atoms with Gasteiger partial charge in [-0.05, 0) is 31.5 Å². The van der Waals surface area contributed by atoms with Crippen molar-refractivity contribution in [3.05, 3.63) is 34.3 Å². The van der Waals surface area contributed by atoms with Gasteiger partial charge in [0.25, 0.3) is 0 Å². The van der Waals surface area contributed by atoms with Crippen LogP contribution in [-0.4, -0.2) is 17.1 Å². The van der Waals surface area contributed by atoms with E-state index in [1.165, 1.54) is 0 Å². The zero-order chi connectivity index (χ0) is 13.0. The minimum absolute atomic E-state index is 0.0638. The normalized spacial score (nSPS) is 16.2. The third-order valence-electron chi connectivity index (χ3n) is 3.02. The first-order chi connectivity index (χ1) is 7.91. The molecule has 0 heterocycles. The first-order valence-electron chi connectivity index (χ1n) is 5.66. The van der Waals surface area contributed by atoms with Crippen LogP contribution in [0, 0.1) is 5.92 Å². The Morgan fingerprint density at radius 2 is 1.76 bits per heavy atom. The quantitative estimate of drug-likeness (QED) is 0.878. The molecule has 0 fully saturated rings. The first kappa shape index (κ1) is 14.2. The lowest BCUT2D eigenvalue weighted by Gasteiger charge is -2.23. The second-order valence-electron chi connectivity index (χ2n) is 4.36. The molecule has 4 heteroatoms. The zero-order valence-corrected chi connectivity index (χ0v) is 11.9. The van der Waals surface area contributed by atoms with E-state index < -0.39 is 11.9 Å². The second-order valence-corrected chi connectivity index (χ2v) is 5.27. The number of hydrogen-bond donors (Lipinski definition) is 2. The van der Waals surface area contributed by atoms with Crippen molar-refractivity contribution < 1.29 is 9.90 Å². The number of aliphatic carboxylic acids is 1. The van der Waals surface area contributed by atoms with E-state index in [0.29, 0.717) is 0 Å². The molecule has 94 valence electrons. The Kier molecular flexibility index (Phi) is 5.15. The van der Waals surface area contributed by atoms with Crippen molar-refractivity contribution >= 4 is 21.9 Å². The molecule has 0 radical (unpaired) electrons. The molecule has 1 aromatic rings. The van der Waals surface area contributed by atoms with Crippen molar-refractivity contribution in [3.63, 3.8) is 0 Å². The maximum Gasteiger partial charge on any atom is 0.307 e. The summed E-state index contributed by atoms with van der Waals surface area (Å²) in [6.45, 7) is 5.65. The Balaban J connectivity index is 2.63. The molecule has 0 bridgehead atoms. The number of carboxylic acids is 1. The molecule has 0 aliphatic rings. The number of hydrogen-bond acceptors (Lipinski definition) is 2. The predicted molar refractivity (Wildman–Crippen MR) is 72.0 cm³/mol. The average molecular weight is 300 g/mol. The Morgan fingerprint density at radius 3 is 2.24 bits per heavy atom. The van der Waals surface area contributed by atoms with Gasteiger partial charge in [-0.25, -0.2) is 0 Å². The molecule has 1 rings (SSSR count). The van der Waals surface area contributed by atoms with Crippen LogP contribution in [-0.2, 0) is 4.79 Å². The summed E-state index contributed by atoms with van der Waals surface area (Å²) in [5.41, 5.74) is 1.15. The Bertz CT molecular complexity index is 378. The van der Waals surface area contributed by atoms with E-state index >= 15 is 0 Å². The van der Waals surface area contributed by atoms with Gasteiger partial charge < -0.3 is 10.4 Å². The minimum atomic E-state index is -0.770. The highest BCUT2D eigenvalue weighted by Crippen LogP contribution is 2.18. The summed E-state index contributed by atoms with van der Waals surface area (Å²) in [4.78, 5) is 10.9. The predicted octanol–water partition coefficient (Wildman–Crippen LogP) is 3.21. The SMILES string of the molecule is CC(N[C@H](C)c1ccc(Br)cc1)C(C)C(=O)O. The van der Waals surface area contributed by atoms with E-state index in [1.54, 1.807) is 6.92 Å². The number of carboxylic acid groups (broad SMARTS) is 1. The Labute approximate surface area is 110 Å². The van der Waals surface area contributed by atoms with Crippen LogP contribution >= 0.6 is 15.9 Å². The lowest BCUT2D eigenvalue weighted by atomic mass is 10.0. The lowest BCUT2D eigenvalue weighted by Crippen LogP contribution is -2.37. The van der Waals surface area contributed by atoms with Crippen molar-refractivity contribution in [2.24, 2.45) is 5.92 Å². The van der Waals surface area contributed by atoms with Gasteiger partial charge in [0, 0.05) is 16.6 Å². The van der Waals surface area contributed by atoms with Crippen LogP contribution < -0.4 is 5.32 Å². The number of benzene rings is 1. The van der Waals surface area contributed by atoms with Crippen LogP contribution in [0.15, 0.2) is 28.7 Å². The molecule has 0 aromatic heterocycles. The molecule has 3 atom stereocenters. The molecule has 0 saturated heterocycles. The largest absolute Gasteiger partial charge is 0.481 e. The van der Waals surface area contributed by atoms with Gasteiger partial charge in [0.05, 0.1) is 5.92 Å². The molecular weight excluding hydrogens is 282 g/mol. The van der Waals surface area contributed by atoms with E-state index in [1.807, 2.05) is 38.1 Å². The van der Waals surface area contributed by atoms with Crippen molar-refractivity contribution in [3.8, 4) is 0 Å². The fraction of sp³-hybridized carbons (Fsp3) is 0.462. The van der Waals surface area contributed by atoms with Crippen LogP contribution in [0.4, 0.5) is 0 Å². The molecule has 17 heavy (non-hydrogen) atoms. The second kappa shape index (κ2) is 6.17. The van der Waals surface area contributed by atoms with Gasteiger partial charge >= 0.3 is 5.97 Å². The summed E-state index contributed by atoms with van der Waals surface area (Å²) in [6.07, 6.45) is 0. The van der Waals surface area contributed by atoms with E-state index in [-0.39, 0.29) is 12.1 Å². The molecule has 2 unspecified atom stereocenters. The van der Waals surface area contributed by atoms with Crippen LogP contribution in [0.1, 0.15) is 32.4 Å². The Morgan fingerprint density at radius 1 is 1.24 bits per heavy atom. The summed E-state index contributed by atoms with van der Waals surface area (Å²) < 4.78 is 1.04. The monoisotopic (exact) mass is 299 g/mol. The maximum absolute atomic E-state index is 10.9. The molecule has 0 spiro atoms. The summed E-state index contributed by atoms with van der Waals surface area (Å²) in [7, 11) is 0. The Hall–Kier alpha value is -0.870. The molecule has 0 aliphatic heterocycles. The fourth-order valence-electron chi connectivity index (χ4n) is 1.60. The summed E-state index contributed by atoms with van der Waals surface area (Å²) in [5.74, 6) is -1.17. The van der Waals surface area contributed by atoms with Gasteiger partial charge in [0.2, 0.25) is 0 Å². The standard InChI is InChI=1S/C13H18BrNO2/c1-8(13(16)17)9(2)15-10(3)11-4-6-12(14)7-5-11/h4-10,15H,1-3H3,(H,16,17)/t8?,9?,10-/m1/s1. The molecule has 3 nitrogen and oxygen atoms in total. The van der Waals surface area contributed by atoms with Crippen molar-refractivity contribution in [1.29, 1.82) is 0 Å². The summed E-state index contributed by atoms with van der Waals surface area (Å²) in [5, 5.41) is 12.2. The lowest BCUT2D eigenvalue weighted by molar-refractivity contribution is -0.142. The third-order valence-corrected chi connectivity index (χ3v) is 3.55. The van der Waals surface area contributed by atoms with Crippen LogP contribution in [0.5, 0.6) is 0 Å². The summed E-state index contributed by atoms with van der Waals surface area (Å²) >= 11 is 3.39. The molecule has 0 amide bonds. The number of nitrogens with one attached hydrogen (secondary N) is 1. The van der Waals surface area contributed by atoms with Gasteiger partial charge in [-0.1, -0.05) is 35.0 Å². The van der Waals surface area contributed by atoms with Gasteiger partial charge in [-0.15, -0.1) is 0 Å². The number of rotatable bonds is 5. The number of halogens is 1. The highest BCUT2D eigenvalue weighted by atomic mass is 79.9. The molecule has 2 N–H and O–H groups in total. The van der Waals surface area contributed by atoms with Crippen molar-refractivity contribution in [2.75, 3.05) is 0 Å². The van der Waals surface area contributed by atoms with Gasteiger partial charge in [0.1, 0.15) is 0 Å². The van der Waals surface area contributed by atoms with Crippen LogP contribution in [0.25, 0.3) is 0 Å². The fourth-order valence-corrected chi connectivity index (χ4v) is 1.86. The van der Waals surface area contributed by atoms with Gasteiger partial charge in [-0.2, -0.15) is 0 Å². The minimum Gasteiger partial charge on any atom is -0.481 e. The van der Waals surface area contributed by atoms with E-state index in [4.69, 9.17) is 5.11 Å². The summed E-state index contributed by atoms with van der Waals surface area (Å²) in [6, 6.07) is 8.10. The first-order valence-corrected chi connectivity index (χ1v) is 6.45. The highest BCUT2D eigenvalue weighted by molar-refractivity contribution is 9.10. The van der Waals surface area contributed by atoms with Crippen molar-refractivity contribution in [1.82, 2.24) is 5.32 Å². The van der Waals surface area contributed by atoms with Crippen LogP contribution in [0.3, 0.4) is 0 Å². The number of carbonyl (C=O) groups is 1. The topological polar surface area (TPSA) is 49.3 Å². The average Bonchev–Trinajstić information content (AvgIpc) is 2.28. The van der Waals surface area contributed by atoms with E-state index in [2.05, 4.69) is 21.2 Å². The highest BCUT2D eigenvalue weighted by Gasteiger charge is 2.20. The molecule has 0 saturated carbocycles. The smallest absolute Gasteiger partial charge is 0.307 e.